The highest BCUT2D eigenvalue weighted by Crippen LogP contribution is 2.55. The highest BCUT2D eigenvalue weighted by molar-refractivity contribution is 7.48. The summed E-state index contributed by atoms with van der Waals surface area (Å²) in [6.45, 7) is 10.7. The molecule has 6 nitrogen and oxygen atoms in total. The molecule has 0 fully saturated rings. The third-order valence-corrected chi connectivity index (χ3v) is 3.82. The van der Waals surface area contributed by atoms with E-state index in [0.717, 1.165) is 0 Å². The molecule has 0 amide bonds. The van der Waals surface area contributed by atoms with Gasteiger partial charge >= 0.3 is 13.8 Å². The van der Waals surface area contributed by atoms with Crippen LogP contribution < -0.4 is 0 Å². The van der Waals surface area contributed by atoms with Gasteiger partial charge in [0.05, 0.1) is 24.9 Å². The summed E-state index contributed by atoms with van der Waals surface area (Å²) in [7, 11) is -2.36. The van der Waals surface area contributed by atoms with E-state index in [2.05, 4.69) is 4.74 Å². The van der Waals surface area contributed by atoms with Gasteiger partial charge in [0, 0.05) is 6.42 Å². The van der Waals surface area contributed by atoms with E-state index in [4.69, 9.17) is 13.6 Å². The van der Waals surface area contributed by atoms with Gasteiger partial charge in [0.25, 0.3) is 0 Å². The Labute approximate surface area is 121 Å². The second-order valence-electron chi connectivity index (χ2n) is 6.37. The van der Waals surface area contributed by atoms with Crippen molar-refractivity contribution < 1.29 is 27.7 Å². The predicted octanol–water partition coefficient (Wildman–Crippen LogP) is 3.69. The summed E-state index contributed by atoms with van der Waals surface area (Å²) >= 11 is 0. The molecule has 0 N–H and O–H groups in total. The van der Waals surface area contributed by atoms with Gasteiger partial charge in [-0.2, -0.15) is 0 Å². The zero-order chi connectivity index (χ0) is 16.0. The van der Waals surface area contributed by atoms with Crippen molar-refractivity contribution in [3.05, 3.63) is 0 Å². The Bertz CT molecular complexity index is 333. The molecule has 0 aromatic heterocycles. The van der Waals surface area contributed by atoms with Gasteiger partial charge < -0.3 is 4.74 Å². The maximum atomic E-state index is 12.6. The van der Waals surface area contributed by atoms with Crippen LogP contribution in [0.3, 0.4) is 0 Å². The summed E-state index contributed by atoms with van der Waals surface area (Å²) in [6, 6.07) is 0. The number of esters is 1. The molecule has 0 rings (SSSR count). The quantitative estimate of drug-likeness (QED) is 0.406. The first-order chi connectivity index (χ1) is 8.87. The maximum Gasteiger partial charge on any atom is 0.475 e. The van der Waals surface area contributed by atoms with Crippen LogP contribution in [0, 0.1) is 0 Å². The SMILES string of the molecule is COC(=O)CCCOP(=O)(OC(C)(C)C)OC(C)(C)C. The molecule has 0 aliphatic rings. The molecule has 0 aromatic carbocycles. The van der Waals surface area contributed by atoms with Crippen LogP contribution in [-0.2, 0) is 27.7 Å². The lowest BCUT2D eigenvalue weighted by atomic mass is 10.2. The number of hydrogen-bond donors (Lipinski definition) is 0. The average Bonchev–Trinajstić information content (AvgIpc) is 2.18. The number of ether oxygens (including phenoxy) is 1. The number of rotatable bonds is 7. The van der Waals surface area contributed by atoms with E-state index in [9.17, 15) is 9.36 Å². The van der Waals surface area contributed by atoms with Crippen LogP contribution in [0.15, 0.2) is 0 Å². The van der Waals surface area contributed by atoms with E-state index in [1.807, 2.05) is 0 Å². The standard InChI is InChI=1S/C13H27O6P/c1-12(2,3)18-20(15,19-13(4,5)6)17-10-8-9-11(14)16-7/h8-10H2,1-7H3. The molecule has 0 radical (unpaired) electrons. The highest BCUT2D eigenvalue weighted by atomic mass is 31.2. The van der Waals surface area contributed by atoms with Crippen molar-refractivity contribution in [3.8, 4) is 0 Å². The first-order valence-electron chi connectivity index (χ1n) is 6.60. The summed E-state index contributed by atoms with van der Waals surface area (Å²) < 4.78 is 33.2. The normalized spacial score (nSPS) is 13.3. The van der Waals surface area contributed by atoms with Crippen molar-refractivity contribution in [2.24, 2.45) is 0 Å². The van der Waals surface area contributed by atoms with E-state index < -0.39 is 19.0 Å². The molecule has 0 saturated carbocycles. The van der Waals surface area contributed by atoms with Gasteiger partial charge in [-0.1, -0.05) is 0 Å². The van der Waals surface area contributed by atoms with Gasteiger partial charge in [-0.25, -0.2) is 4.57 Å². The fraction of sp³-hybridized carbons (Fsp3) is 0.923. The van der Waals surface area contributed by atoms with E-state index in [0.29, 0.717) is 6.42 Å². The highest BCUT2D eigenvalue weighted by Gasteiger charge is 2.36. The van der Waals surface area contributed by atoms with E-state index in [1.54, 1.807) is 41.5 Å². The van der Waals surface area contributed by atoms with Crippen LogP contribution in [0.1, 0.15) is 54.4 Å². The molecule has 0 bridgehead atoms. The number of carbonyl (C=O) groups is 1. The number of phosphoric acid groups is 1. The van der Waals surface area contributed by atoms with Gasteiger partial charge in [-0.05, 0) is 48.0 Å². The molecule has 0 heterocycles. The van der Waals surface area contributed by atoms with Gasteiger partial charge in [-0.3, -0.25) is 18.4 Å². The monoisotopic (exact) mass is 310 g/mol. The fourth-order valence-electron chi connectivity index (χ4n) is 1.24. The largest absolute Gasteiger partial charge is 0.475 e. The van der Waals surface area contributed by atoms with Crippen LogP contribution in [-0.4, -0.2) is 30.9 Å². The minimum Gasteiger partial charge on any atom is -0.469 e. The van der Waals surface area contributed by atoms with Gasteiger partial charge in [0.15, 0.2) is 0 Å². The fourth-order valence-corrected chi connectivity index (χ4v) is 3.07. The van der Waals surface area contributed by atoms with Crippen molar-refractivity contribution >= 4 is 13.8 Å². The van der Waals surface area contributed by atoms with E-state index in [-0.39, 0.29) is 19.0 Å². The molecular formula is C13H27O6P. The minimum atomic E-state index is -3.68. The molecular weight excluding hydrogens is 283 g/mol. The van der Waals surface area contributed by atoms with Crippen molar-refractivity contribution in [1.29, 1.82) is 0 Å². The molecule has 0 atom stereocenters. The molecule has 0 saturated heterocycles. The minimum absolute atomic E-state index is 0.0958. The Morgan fingerprint density at radius 2 is 1.45 bits per heavy atom. The Morgan fingerprint density at radius 1 is 1.00 bits per heavy atom. The summed E-state index contributed by atoms with van der Waals surface area (Å²) in [5.41, 5.74) is -1.33. The molecule has 0 aromatic rings. The van der Waals surface area contributed by atoms with Gasteiger partial charge in [0.2, 0.25) is 0 Å². The third kappa shape index (κ3) is 10.4. The zero-order valence-electron chi connectivity index (χ0n) is 13.5. The summed E-state index contributed by atoms with van der Waals surface area (Å²) in [6.07, 6.45) is 0.583. The predicted molar refractivity (Wildman–Crippen MR) is 76.5 cm³/mol. The lowest BCUT2D eigenvalue weighted by Crippen LogP contribution is -2.24. The number of methoxy groups -OCH3 is 1. The number of carbonyl (C=O) groups excluding carboxylic acids is 1. The molecule has 0 aliphatic heterocycles. The van der Waals surface area contributed by atoms with Crippen LogP contribution in [0.5, 0.6) is 0 Å². The third-order valence-electron chi connectivity index (χ3n) is 1.77. The summed E-state index contributed by atoms with van der Waals surface area (Å²) in [5.74, 6) is -0.336. The first kappa shape index (κ1) is 19.6. The Kier molecular flexibility index (Phi) is 7.39. The van der Waals surface area contributed by atoms with Crippen LogP contribution in [0.25, 0.3) is 0 Å². The lowest BCUT2D eigenvalue weighted by molar-refractivity contribution is -0.140. The Hall–Kier alpha value is -0.420. The summed E-state index contributed by atoms with van der Waals surface area (Å²) in [4.78, 5) is 11.0. The van der Waals surface area contributed by atoms with Crippen molar-refractivity contribution in [2.75, 3.05) is 13.7 Å². The molecule has 7 heteroatoms. The zero-order valence-corrected chi connectivity index (χ0v) is 14.4. The summed E-state index contributed by atoms with van der Waals surface area (Å²) in [5, 5.41) is 0. The van der Waals surface area contributed by atoms with Crippen molar-refractivity contribution in [1.82, 2.24) is 0 Å². The second kappa shape index (κ2) is 7.55. The second-order valence-corrected chi connectivity index (χ2v) is 7.89. The molecule has 120 valence electrons. The van der Waals surface area contributed by atoms with Gasteiger partial charge in [0.1, 0.15) is 0 Å². The Morgan fingerprint density at radius 3 is 1.80 bits per heavy atom. The lowest BCUT2D eigenvalue weighted by Gasteiger charge is -2.30. The smallest absolute Gasteiger partial charge is 0.469 e. The topological polar surface area (TPSA) is 71.1 Å². The number of phosphoric ester groups is 1. The molecule has 20 heavy (non-hydrogen) atoms. The average molecular weight is 310 g/mol. The van der Waals surface area contributed by atoms with E-state index in [1.165, 1.54) is 7.11 Å². The van der Waals surface area contributed by atoms with Crippen LogP contribution in [0.2, 0.25) is 0 Å². The van der Waals surface area contributed by atoms with Crippen LogP contribution >= 0.6 is 7.82 Å². The van der Waals surface area contributed by atoms with Crippen molar-refractivity contribution in [2.45, 2.75) is 65.6 Å². The molecule has 0 unspecified atom stereocenters. The molecule has 0 spiro atoms. The van der Waals surface area contributed by atoms with Gasteiger partial charge in [-0.15, -0.1) is 0 Å². The maximum absolute atomic E-state index is 12.6. The number of hydrogen-bond acceptors (Lipinski definition) is 6. The Balaban J connectivity index is 4.55. The van der Waals surface area contributed by atoms with Crippen LogP contribution in [0.4, 0.5) is 0 Å². The molecule has 0 aliphatic carbocycles. The van der Waals surface area contributed by atoms with Crippen molar-refractivity contribution in [3.63, 3.8) is 0 Å². The van der Waals surface area contributed by atoms with E-state index >= 15 is 0 Å². The first-order valence-corrected chi connectivity index (χ1v) is 8.06.